The number of hydrogen-bond donors (Lipinski definition) is 2. The van der Waals surface area contributed by atoms with E-state index >= 15 is 0 Å². The van der Waals surface area contributed by atoms with Gasteiger partial charge in [-0.05, 0) is 62.3 Å². The van der Waals surface area contributed by atoms with Crippen LogP contribution in [0.1, 0.15) is 44.2 Å². The van der Waals surface area contributed by atoms with Crippen LogP contribution in [0.4, 0.5) is 0 Å². The Morgan fingerprint density at radius 1 is 1.25 bits per heavy atom. The van der Waals surface area contributed by atoms with Crippen molar-refractivity contribution in [3.05, 3.63) is 33.8 Å². The number of rotatable bonds is 5. The van der Waals surface area contributed by atoms with Gasteiger partial charge in [0.1, 0.15) is 0 Å². The monoisotopic (exact) mass is 425 g/mol. The summed E-state index contributed by atoms with van der Waals surface area (Å²) in [6.07, 6.45) is 3.98. The van der Waals surface area contributed by atoms with Gasteiger partial charge in [0.2, 0.25) is 5.91 Å². The Balaban J connectivity index is 1.51. The highest BCUT2D eigenvalue weighted by Gasteiger charge is 2.51. The molecule has 5 nitrogen and oxygen atoms in total. The Morgan fingerprint density at radius 2 is 2.04 bits per heavy atom. The van der Waals surface area contributed by atoms with E-state index in [1.807, 2.05) is 25.1 Å². The molecule has 4 rings (SSSR count). The van der Waals surface area contributed by atoms with Gasteiger partial charge < -0.3 is 10.4 Å². The van der Waals surface area contributed by atoms with Crippen LogP contribution in [0.3, 0.4) is 0 Å². The molecule has 1 unspecified atom stereocenters. The fraction of sp³-hybridized carbons (Fsp3) is 0.667. The number of halogens is 2. The zero-order valence-electron chi connectivity index (χ0n) is 16.3. The highest BCUT2D eigenvalue weighted by atomic mass is 35.5. The number of nitrogens with zero attached hydrogens (tertiary/aromatic N) is 2. The first-order chi connectivity index (χ1) is 13.4. The van der Waals surface area contributed by atoms with Crippen LogP contribution in [0.25, 0.3) is 0 Å². The summed E-state index contributed by atoms with van der Waals surface area (Å²) in [5, 5.41) is 14.7. The van der Waals surface area contributed by atoms with E-state index in [0.717, 1.165) is 50.9 Å². The first-order valence-corrected chi connectivity index (χ1v) is 11.0. The van der Waals surface area contributed by atoms with Crippen molar-refractivity contribution >= 4 is 29.1 Å². The molecule has 2 heterocycles. The molecule has 3 fully saturated rings. The molecular weight excluding hydrogens is 397 g/mol. The molecule has 0 aromatic heterocycles. The van der Waals surface area contributed by atoms with E-state index in [1.54, 1.807) is 0 Å². The average molecular weight is 426 g/mol. The molecule has 1 aromatic rings. The molecule has 154 valence electrons. The molecule has 0 radical (unpaired) electrons. The van der Waals surface area contributed by atoms with E-state index in [9.17, 15) is 9.90 Å². The number of carbonyl (C=O) groups is 1. The maximum Gasteiger partial charge on any atom is 0.237 e. The minimum absolute atomic E-state index is 0.0985. The summed E-state index contributed by atoms with van der Waals surface area (Å²) in [5.41, 5.74) is 1.31. The summed E-state index contributed by atoms with van der Waals surface area (Å²) >= 11 is 12.4. The molecule has 7 heteroatoms. The number of likely N-dealkylation sites (tertiary alicyclic amines) is 1. The Bertz CT molecular complexity index is 740. The number of β-amino-alcohol motifs (C(OH)–C–C–N with tert-alkyl or cyclic N) is 1. The maximum absolute atomic E-state index is 12.0. The number of hydrogen-bond acceptors (Lipinski definition) is 4. The van der Waals surface area contributed by atoms with E-state index in [1.165, 1.54) is 0 Å². The molecular formula is C21H29Cl2N3O2. The number of carbonyl (C=O) groups excluding carboxylic acids is 1. The van der Waals surface area contributed by atoms with Gasteiger partial charge in [0.05, 0.1) is 22.2 Å². The SMILES string of the molecule is C[C@@H]1C(=O)NCCN1CCC(c1ccc(Cl)c(Cl)c1)N1CCC2(CC2)[C@H](O)C1. The molecule has 1 aromatic carbocycles. The maximum atomic E-state index is 12.0. The first kappa shape index (κ1) is 20.4. The van der Waals surface area contributed by atoms with Gasteiger partial charge in [-0.25, -0.2) is 0 Å². The largest absolute Gasteiger partial charge is 0.391 e. The third-order valence-corrected chi connectivity index (χ3v) is 7.73. The third kappa shape index (κ3) is 4.05. The van der Waals surface area contributed by atoms with Crippen molar-refractivity contribution in [3.8, 4) is 0 Å². The summed E-state index contributed by atoms with van der Waals surface area (Å²) in [6, 6.07) is 5.89. The lowest BCUT2D eigenvalue weighted by atomic mass is 9.88. The Morgan fingerprint density at radius 3 is 2.71 bits per heavy atom. The fourth-order valence-electron chi connectivity index (χ4n) is 4.77. The topological polar surface area (TPSA) is 55.8 Å². The number of benzene rings is 1. The molecule has 2 saturated heterocycles. The van der Waals surface area contributed by atoms with E-state index in [-0.39, 0.29) is 29.5 Å². The van der Waals surface area contributed by atoms with Crippen molar-refractivity contribution < 1.29 is 9.90 Å². The molecule has 28 heavy (non-hydrogen) atoms. The smallest absolute Gasteiger partial charge is 0.237 e. The minimum Gasteiger partial charge on any atom is -0.391 e. The van der Waals surface area contributed by atoms with Crippen molar-refractivity contribution in [2.75, 3.05) is 32.7 Å². The lowest BCUT2D eigenvalue weighted by molar-refractivity contribution is -0.128. The number of aliphatic hydroxyl groups excluding tert-OH is 1. The van der Waals surface area contributed by atoms with Crippen molar-refractivity contribution in [3.63, 3.8) is 0 Å². The Hall–Kier alpha value is -0.850. The third-order valence-electron chi connectivity index (χ3n) is 6.99. The fourth-order valence-corrected chi connectivity index (χ4v) is 5.08. The zero-order valence-corrected chi connectivity index (χ0v) is 17.8. The molecule has 1 saturated carbocycles. The van der Waals surface area contributed by atoms with Crippen LogP contribution >= 0.6 is 23.2 Å². The number of nitrogens with one attached hydrogen (secondary N) is 1. The second-order valence-electron chi connectivity index (χ2n) is 8.60. The molecule has 3 aliphatic rings. The average Bonchev–Trinajstić information content (AvgIpc) is 3.45. The van der Waals surface area contributed by atoms with Crippen LogP contribution < -0.4 is 5.32 Å². The Labute approximate surface area is 177 Å². The van der Waals surface area contributed by atoms with Crippen LogP contribution in [0.15, 0.2) is 18.2 Å². The number of piperazine rings is 1. The zero-order chi connectivity index (χ0) is 19.9. The number of amides is 1. The molecule has 2 N–H and O–H groups in total. The van der Waals surface area contributed by atoms with E-state index in [0.29, 0.717) is 23.1 Å². The van der Waals surface area contributed by atoms with Gasteiger partial charge in [-0.2, -0.15) is 0 Å². The predicted octanol–water partition coefficient (Wildman–Crippen LogP) is 3.09. The van der Waals surface area contributed by atoms with Crippen LogP contribution in [0.2, 0.25) is 10.0 Å². The summed E-state index contributed by atoms with van der Waals surface area (Å²) in [7, 11) is 0. The number of aliphatic hydroxyl groups is 1. The van der Waals surface area contributed by atoms with Crippen LogP contribution in [-0.2, 0) is 4.79 Å². The van der Waals surface area contributed by atoms with E-state index in [4.69, 9.17) is 23.2 Å². The van der Waals surface area contributed by atoms with E-state index < -0.39 is 0 Å². The van der Waals surface area contributed by atoms with Crippen LogP contribution in [-0.4, -0.2) is 65.7 Å². The van der Waals surface area contributed by atoms with Crippen molar-refractivity contribution in [2.24, 2.45) is 5.41 Å². The standard InChI is InChI=1S/C21H29Cl2N3O2/c1-14-20(28)24-8-11-25(14)9-4-18(15-2-3-16(22)17(23)12-15)26-10-7-21(5-6-21)19(27)13-26/h2-3,12,14,18-19,27H,4-11,13H2,1H3,(H,24,28)/t14-,18?,19-/m1/s1. The van der Waals surface area contributed by atoms with Crippen molar-refractivity contribution in [2.45, 2.75) is 50.8 Å². The molecule has 0 bridgehead atoms. The highest BCUT2D eigenvalue weighted by molar-refractivity contribution is 6.42. The molecule has 1 spiro atoms. The summed E-state index contributed by atoms with van der Waals surface area (Å²) in [5.74, 6) is 0.0985. The van der Waals surface area contributed by atoms with Gasteiger partial charge in [-0.3, -0.25) is 14.6 Å². The van der Waals surface area contributed by atoms with Gasteiger partial charge >= 0.3 is 0 Å². The lowest BCUT2D eigenvalue weighted by Gasteiger charge is -2.42. The van der Waals surface area contributed by atoms with Crippen molar-refractivity contribution in [1.82, 2.24) is 15.1 Å². The number of piperidine rings is 1. The Kier molecular flexibility index (Phi) is 5.92. The van der Waals surface area contributed by atoms with Gasteiger partial charge in [0, 0.05) is 32.2 Å². The van der Waals surface area contributed by atoms with Gasteiger partial charge in [-0.15, -0.1) is 0 Å². The first-order valence-electron chi connectivity index (χ1n) is 10.3. The second kappa shape index (κ2) is 8.11. The molecule has 2 aliphatic heterocycles. The summed E-state index contributed by atoms with van der Waals surface area (Å²) in [6.45, 7) is 6.04. The molecule has 3 atom stereocenters. The summed E-state index contributed by atoms with van der Waals surface area (Å²) < 4.78 is 0. The quantitative estimate of drug-likeness (QED) is 0.760. The van der Waals surface area contributed by atoms with E-state index in [2.05, 4.69) is 15.1 Å². The molecule has 1 aliphatic carbocycles. The van der Waals surface area contributed by atoms with Crippen molar-refractivity contribution in [1.29, 1.82) is 0 Å². The van der Waals surface area contributed by atoms with Crippen LogP contribution in [0, 0.1) is 5.41 Å². The summed E-state index contributed by atoms with van der Waals surface area (Å²) in [4.78, 5) is 16.6. The van der Waals surface area contributed by atoms with Gasteiger partial charge in [0.25, 0.3) is 0 Å². The predicted molar refractivity (Wildman–Crippen MR) is 112 cm³/mol. The van der Waals surface area contributed by atoms with Gasteiger partial charge in [-0.1, -0.05) is 29.3 Å². The van der Waals surface area contributed by atoms with Gasteiger partial charge in [0.15, 0.2) is 0 Å². The minimum atomic E-state index is -0.258. The lowest BCUT2D eigenvalue weighted by Crippen LogP contribution is -2.54. The molecule has 1 amide bonds. The normalized spacial score (nSPS) is 28.9. The second-order valence-corrected chi connectivity index (χ2v) is 9.42. The highest BCUT2D eigenvalue weighted by Crippen LogP contribution is 2.54. The van der Waals surface area contributed by atoms with Crippen LogP contribution in [0.5, 0.6) is 0 Å².